The summed E-state index contributed by atoms with van der Waals surface area (Å²) in [5, 5.41) is 9.79. The molecule has 132 valence electrons. The quantitative estimate of drug-likeness (QED) is 0.484. The van der Waals surface area contributed by atoms with Gasteiger partial charge in [-0.25, -0.2) is 9.50 Å². The molecule has 0 fully saturated rings. The molecule has 3 heterocycles. The maximum Gasteiger partial charge on any atom is 0.253 e. The predicted octanol–water partition coefficient (Wildman–Crippen LogP) is 3.66. The zero-order valence-corrected chi connectivity index (χ0v) is 15.8. The van der Waals surface area contributed by atoms with Crippen LogP contribution in [0.3, 0.4) is 0 Å². The molecular weight excluding hydrogens is 372 g/mol. The largest absolute Gasteiger partial charge is 0.338 e. The zero-order valence-electron chi connectivity index (χ0n) is 14.2. The van der Waals surface area contributed by atoms with E-state index in [1.54, 1.807) is 4.52 Å². The van der Waals surface area contributed by atoms with Gasteiger partial charge in [0.1, 0.15) is 0 Å². The lowest BCUT2D eigenvalue weighted by molar-refractivity contribution is 0.385. The topological polar surface area (TPSA) is 82.0 Å². The second-order valence-electron chi connectivity index (χ2n) is 5.84. The Morgan fingerprint density at radius 1 is 1.15 bits per heavy atom. The number of nitrogens with zero attached hydrogens (tertiary/aromatic N) is 6. The van der Waals surface area contributed by atoms with Crippen LogP contribution in [-0.2, 0) is 12.2 Å². The summed E-state index contributed by atoms with van der Waals surface area (Å²) in [5.41, 5.74) is 2.95. The van der Waals surface area contributed by atoms with Gasteiger partial charge in [0, 0.05) is 22.8 Å². The highest BCUT2D eigenvalue weighted by Crippen LogP contribution is 2.20. The Labute approximate surface area is 158 Å². The number of fused-ring (bicyclic) bond motifs is 1. The van der Waals surface area contributed by atoms with Gasteiger partial charge in [-0.05, 0) is 37.6 Å². The van der Waals surface area contributed by atoms with Crippen LogP contribution in [0, 0.1) is 13.8 Å². The molecular formula is C17H15ClN6OS. The van der Waals surface area contributed by atoms with Gasteiger partial charge >= 0.3 is 0 Å². The Morgan fingerprint density at radius 3 is 2.88 bits per heavy atom. The number of aryl methyl sites for hydroxylation is 2. The predicted molar refractivity (Wildman–Crippen MR) is 98.4 cm³/mol. The molecule has 7 nitrogen and oxygen atoms in total. The van der Waals surface area contributed by atoms with Crippen molar-refractivity contribution in [3.8, 4) is 0 Å². The van der Waals surface area contributed by atoms with E-state index < -0.39 is 0 Å². The van der Waals surface area contributed by atoms with Gasteiger partial charge in [-0.1, -0.05) is 40.7 Å². The molecule has 0 radical (unpaired) electrons. The average molecular weight is 387 g/mol. The van der Waals surface area contributed by atoms with Crippen molar-refractivity contribution in [2.45, 2.75) is 31.2 Å². The molecule has 0 saturated heterocycles. The highest BCUT2D eigenvalue weighted by atomic mass is 35.5. The lowest BCUT2D eigenvalue weighted by Gasteiger charge is -1.97. The van der Waals surface area contributed by atoms with Crippen LogP contribution in [0.1, 0.15) is 28.7 Å². The molecule has 4 aromatic rings. The molecule has 9 heteroatoms. The maximum absolute atomic E-state index is 6.00. The van der Waals surface area contributed by atoms with Crippen LogP contribution < -0.4 is 0 Å². The summed E-state index contributed by atoms with van der Waals surface area (Å²) in [6.07, 6.45) is 0.573. The first kappa shape index (κ1) is 17.0. The van der Waals surface area contributed by atoms with Crippen molar-refractivity contribution < 1.29 is 4.52 Å². The van der Waals surface area contributed by atoms with Crippen molar-refractivity contribution in [3.63, 3.8) is 0 Å². The number of hydrogen-bond donors (Lipinski definition) is 0. The molecule has 0 aliphatic heterocycles. The van der Waals surface area contributed by atoms with Gasteiger partial charge in [-0.15, -0.1) is 5.10 Å². The fourth-order valence-corrected chi connectivity index (χ4v) is 3.45. The number of aromatic nitrogens is 6. The second-order valence-corrected chi connectivity index (χ2v) is 7.22. The van der Waals surface area contributed by atoms with E-state index in [1.807, 2.05) is 44.2 Å². The van der Waals surface area contributed by atoms with E-state index in [9.17, 15) is 0 Å². The molecule has 0 N–H and O–H groups in total. The highest BCUT2D eigenvalue weighted by molar-refractivity contribution is 7.98. The van der Waals surface area contributed by atoms with E-state index in [2.05, 4.69) is 25.2 Å². The minimum Gasteiger partial charge on any atom is -0.338 e. The van der Waals surface area contributed by atoms with E-state index in [4.69, 9.17) is 16.1 Å². The molecule has 4 rings (SSSR count). The van der Waals surface area contributed by atoms with Gasteiger partial charge in [0.2, 0.25) is 11.0 Å². The normalized spacial score (nSPS) is 11.3. The minimum atomic E-state index is 0.497. The average Bonchev–Trinajstić information content (AvgIpc) is 3.19. The van der Waals surface area contributed by atoms with Crippen LogP contribution in [0.5, 0.6) is 0 Å². The first-order chi connectivity index (χ1) is 12.6. The summed E-state index contributed by atoms with van der Waals surface area (Å²) in [6.45, 7) is 3.92. The molecule has 26 heavy (non-hydrogen) atoms. The van der Waals surface area contributed by atoms with Gasteiger partial charge < -0.3 is 4.52 Å². The molecule has 0 unspecified atom stereocenters. The summed E-state index contributed by atoms with van der Waals surface area (Å²) >= 11 is 7.44. The molecule has 0 bridgehead atoms. The molecule has 0 saturated carbocycles. The number of hydrogen-bond acceptors (Lipinski definition) is 7. The van der Waals surface area contributed by atoms with Gasteiger partial charge in [0.25, 0.3) is 5.78 Å². The molecule has 0 aliphatic rings. The lowest BCUT2D eigenvalue weighted by Crippen LogP contribution is -1.97. The van der Waals surface area contributed by atoms with Gasteiger partial charge in [0.15, 0.2) is 5.82 Å². The Hall–Kier alpha value is -2.45. The number of benzene rings is 1. The summed E-state index contributed by atoms with van der Waals surface area (Å²) in [7, 11) is 0. The lowest BCUT2D eigenvalue weighted by atomic mass is 10.1. The Kier molecular flexibility index (Phi) is 4.60. The fourth-order valence-electron chi connectivity index (χ4n) is 2.59. The van der Waals surface area contributed by atoms with Crippen LogP contribution in [0.2, 0.25) is 5.02 Å². The van der Waals surface area contributed by atoms with E-state index in [1.165, 1.54) is 11.8 Å². The van der Waals surface area contributed by atoms with Crippen LogP contribution >= 0.6 is 23.4 Å². The maximum atomic E-state index is 6.00. The zero-order chi connectivity index (χ0) is 18.1. The van der Waals surface area contributed by atoms with Gasteiger partial charge in [-0.2, -0.15) is 9.97 Å². The highest BCUT2D eigenvalue weighted by Gasteiger charge is 2.12. The van der Waals surface area contributed by atoms with Crippen molar-refractivity contribution in [1.29, 1.82) is 0 Å². The molecule has 0 atom stereocenters. The summed E-state index contributed by atoms with van der Waals surface area (Å²) in [4.78, 5) is 13.2. The van der Waals surface area contributed by atoms with Crippen molar-refractivity contribution in [3.05, 3.63) is 64.0 Å². The molecule has 0 aliphatic carbocycles. The van der Waals surface area contributed by atoms with Crippen molar-refractivity contribution >= 4 is 29.1 Å². The molecule has 1 aromatic carbocycles. The van der Waals surface area contributed by atoms with Crippen LogP contribution in [0.4, 0.5) is 0 Å². The van der Waals surface area contributed by atoms with E-state index in [-0.39, 0.29) is 0 Å². The summed E-state index contributed by atoms with van der Waals surface area (Å²) in [5.74, 6) is 2.25. The number of rotatable bonds is 5. The summed E-state index contributed by atoms with van der Waals surface area (Å²) < 4.78 is 7.04. The van der Waals surface area contributed by atoms with Crippen LogP contribution in [-0.4, -0.2) is 29.7 Å². The van der Waals surface area contributed by atoms with E-state index >= 15 is 0 Å². The first-order valence-electron chi connectivity index (χ1n) is 7.96. The van der Waals surface area contributed by atoms with E-state index in [0.29, 0.717) is 39.8 Å². The molecule has 0 amide bonds. The van der Waals surface area contributed by atoms with E-state index in [0.717, 1.165) is 17.0 Å². The third-order valence-electron chi connectivity index (χ3n) is 3.69. The standard InChI is InChI=1S/C17H15ClN6OS/c1-10-6-11(2)24-16(19-10)21-17(22-24)26-9-15-20-14(23-25-15)8-12-4-3-5-13(18)7-12/h3-7H,8-9H2,1-2H3. The van der Waals surface area contributed by atoms with Crippen LogP contribution in [0.15, 0.2) is 40.0 Å². The number of halogens is 1. The fraction of sp³-hybridized carbons (Fsp3) is 0.235. The third-order valence-corrected chi connectivity index (χ3v) is 4.74. The van der Waals surface area contributed by atoms with Crippen molar-refractivity contribution in [2.75, 3.05) is 0 Å². The monoisotopic (exact) mass is 386 g/mol. The Bertz CT molecular complexity index is 1080. The summed E-state index contributed by atoms with van der Waals surface area (Å²) in [6, 6.07) is 9.58. The first-order valence-corrected chi connectivity index (χ1v) is 9.33. The van der Waals surface area contributed by atoms with Crippen LogP contribution in [0.25, 0.3) is 5.78 Å². The van der Waals surface area contributed by atoms with Gasteiger partial charge in [-0.3, -0.25) is 0 Å². The smallest absolute Gasteiger partial charge is 0.253 e. The number of thioether (sulfide) groups is 1. The second kappa shape index (κ2) is 7.05. The van der Waals surface area contributed by atoms with Gasteiger partial charge in [0.05, 0.1) is 5.75 Å². The SMILES string of the molecule is Cc1cc(C)n2nc(SCc3nc(Cc4cccc(Cl)c4)no3)nc2n1. The Morgan fingerprint density at radius 2 is 2.04 bits per heavy atom. The van der Waals surface area contributed by atoms with Crippen molar-refractivity contribution in [2.24, 2.45) is 0 Å². The third kappa shape index (κ3) is 3.71. The van der Waals surface area contributed by atoms with Crippen molar-refractivity contribution in [1.82, 2.24) is 29.7 Å². The molecule has 0 spiro atoms. The molecule has 3 aromatic heterocycles. The minimum absolute atomic E-state index is 0.497. The Balaban J connectivity index is 1.44.